The van der Waals surface area contributed by atoms with E-state index < -0.39 is 0 Å². The third-order valence-electron chi connectivity index (χ3n) is 5.60. The van der Waals surface area contributed by atoms with Gasteiger partial charge in [-0.3, -0.25) is 14.5 Å². The number of hydrogen-bond donors (Lipinski definition) is 1. The van der Waals surface area contributed by atoms with Crippen LogP contribution in [0.2, 0.25) is 0 Å². The van der Waals surface area contributed by atoms with Gasteiger partial charge in [-0.2, -0.15) is 15.2 Å². The Morgan fingerprint density at radius 2 is 2.03 bits per heavy atom. The van der Waals surface area contributed by atoms with Gasteiger partial charge in [0.15, 0.2) is 5.65 Å². The summed E-state index contributed by atoms with van der Waals surface area (Å²) in [6.45, 7) is 5.35. The van der Waals surface area contributed by atoms with Crippen molar-refractivity contribution in [2.24, 2.45) is 0 Å². The molecule has 1 aliphatic heterocycles. The van der Waals surface area contributed by atoms with Gasteiger partial charge in [0.25, 0.3) is 5.91 Å². The number of hydrogen-bond acceptors (Lipinski definition) is 7. The van der Waals surface area contributed by atoms with Crippen LogP contribution in [0.4, 0.5) is 0 Å². The van der Waals surface area contributed by atoms with Gasteiger partial charge >= 0.3 is 0 Å². The van der Waals surface area contributed by atoms with Crippen LogP contribution < -0.4 is 10.1 Å². The molecule has 5 heterocycles. The lowest BCUT2D eigenvalue weighted by atomic mass is 10.1. The normalized spacial score (nSPS) is 15.9. The Kier molecular flexibility index (Phi) is 5.51. The summed E-state index contributed by atoms with van der Waals surface area (Å²) in [6.07, 6.45) is 11.4. The first-order valence-electron chi connectivity index (χ1n) is 10.9. The zero-order valence-corrected chi connectivity index (χ0v) is 18.7. The molecule has 1 unspecified atom stereocenters. The Morgan fingerprint density at radius 1 is 1.15 bits per heavy atom. The Morgan fingerprint density at radius 3 is 2.76 bits per heavy atom. The summed E-state index contributed by atoms with van der Waals surface area (Å²) in [5, 5.41) is 11.6. The Hall–Kier alpha value is -3.79. The molecule has 4 aromatic heterocycles. The van der Waals surface area contributed by atoms with Crippen LogP contribution in [0, 0.1) is 0 Å². The summed E-state index contributed by atoms with van der Waals surface area (Å²) in [6, 6.07) is 2.01. The molecule has 0 bridgehead atoms. The maximum absolute atomic E-state index is 12.1. The molecule has 1 aliphatic rings. The van der Waals surface area contributed by atoms with Gasteiger partial charge in [-0.25, -0.2) is 4.52 Å². The number of ether oxygens (including phenoxy) is 2. The van der Waals surface area contributed by atoms with E-state index in [0.29, 0.717) is 30.3 Å². The molecule has 1 saturated heterocycles. The predicted octanol–water partition coefficient (Wildman–Crippen LogP) is 2.76. The molecule has 0 saturated carbocycles. The molecule has 1 atom stereocenters. The van der Waals surface area contributed by atoms with E-state index in [2.05, 4.69) is 34.3 Å². The SMILES string of the molecule is CNC(=O)c1cncc(-c2cnn3cc(-c4cnn(C(C)C)c4)c(OC4CCOC4)nc23)c1. The van der Waals surface area contributed by atoms with Gasteiger partial charge in [0, 0.05) is 61.0 Å². The molecule has 10 nitrogen and oxygen atoms in total. The number of amides is 1. The molecule has 1 N–H and O–H groups in total. The molecule has 0 radical (unpaired) electrons. The summed E-state index contributed by atoms with van der Waals surface area (Å²) in [5.41, 5.74) is 4.27. The van der Waals surface area contributed by atoms with E-state index in [1.54, 1.807) is 30.0 Å². The van der Waals surface area contributed by atoms with Crippen molar-refractivity contribution >= 4 is 11.6 Å². The molecule has 1 fully saturated rings. The molecule has 0 spiro atoms. The second-order valence-electron chi connectivity index (χ2n) is 8.23. The molecular formula is C23H25N7O3. The number of rotatable bonds is 6. The first kappa shape index (κ1) is 21.1. The van der Waals surface area contributed by atoms with Crippen LogP contribution >= 0.6 is 0 Å². The quantitative estimate of drug-likeness (QED) is 0.484. The van der Waals surface area contributed by atoms with E-state index >= 15 is 0 Å². The zero-order valence-electron chi connectivity index (χ0n) is 18.7. The van der Waals surface area contributed by atoms with Crippen molar-refractivity contribution < 1.29 is 14.3 Å². The van der Waals surface area contributed by atoms with Gasteiger partial charge < -0.3 is 14.8 Å². The second kappa shape index (κ2) is 8.62. The fraction of sp³-hybridized carbons (Fsp3) is 0.348. The topological polar surface area (TPSA) is 108 Å². The van der Waals surface area contributed by atoms with Gasteiger partial charge in [0.05, 0.1) is 36.7 Å². The van der Waals surface area contributed by atoms with E-state index in [0.717, 1.165) is 28.7 Å². The van der Waals surface area contributed by atoms with E-state index in [-0.39, 0.29) is 18.1 Å². The summed E-state index contributed by atoms with van der Waals surface area (Å²) in [5.74, 6) is 0.293. The maximum atomic E-state index is 12.1. The average molecular weight is 447 g/mol. The molecule has 0 aliphatic carbocycles. The van der Waals surface area contributed by atoms with Crippen LogP contribution in [-0.2, 0) is 4.74 Å². The van der Waals surface area contributed by atoms with Crippen LogP contribution in [0.1, 0.15) is 36.7 Å². The van der Waals surface area contributed by atoms with E-state index in [1.807, 2.05) is 23.3 Å². The van der Waals surface area contributed by atoms with E-state index in [1.165, 1.54) is 6.20 Å². The van der Waals surface area contributed by atoms with Crippen molar-refractivity contribution in [1.29, 1.82) is 0 Å². The van der Waals surface area contributed by atoms with Crippen molar-refractivity contribution in [3.05, 3.63) is 48.8 Å². The summed E-state index contributed by atoms with van der Waals surface area (Å²) in [4.78, 5) is 21.1. The molecule has 170 valence electrons. The van der Waals surface area contributed by atoms with E-state index in [4.69, 9.17) is 14.5 Å². The number of carbonyl (C=O) groups excluding carboxylic acids is 1. The van der Waals surface area contributed by atoms with Crippen LogP contribution in [0.3, 0.4) is 0 Å². The number of fused-ring (bicyclic) bond motifs is 1. The highest BCUT2D eigenvalue weighted by molar-refractivity contribution is 5.95. The van der Waals surface area contributed by atoms with Crippen LogP contribution in [-0.4, -0.2) is 61.6 Å². The monoisotopic (exact) mass is 447 g/mol. The van der Waals surface area contributed by atoms with Crippen molar-refractivity contribution in [3.63, 3.8) is 0 Å². The number of nitrogens with zero attached hydrogens (tertiary/aromatic N) is 6. The predicted molar refractivity (Wildman–Crippen MR) is 121 cm³/mol. The Balaban J connectivity index is 1.62. The zero-order chi connectivity index (χ0) is 22.9. The minimum Gasteiger partial charge on any atom is -0.471 e. The van der Waals surface area contributed by atoms with E-state index in [9.17, 15) is 4.79 Å². The molecule has 5 rings (SSSR count). The van der Waals surface area contributed by atoms with Gasteiger partial charge in [-0.05, 0) is 19.9 Å². The van der Waals surface area contributed by atoms with Crippen LogP contribution in [0.5, 0.6) is 5.88 Å². The summed E-state index contributed by atoms with van der Waals surface area (Å²) >= 11 is 0. The van der Waals surface area contributed by atoms with Crippen molar-refractivity contribution in [1.82, 2.24) is 34.7 Å². The lowest BCUT2D eigenvalue weighted by molar-refractivity contribution is 0.0962. The second-order valence-corrected chi connectivity index (χ2v) is 8.23. The summed E-state index contributed by atoms with van der Waals surface area (Å²) < 4.78 is 15.4. The molecule has 4 aromatic rings. The highest BCUT2D eigenvalue weighted by atomic mass is 16.5. The van der Waals surface area contributed by atoms with Crippen molar-refractivity contribution in [3.8, 4) is 28.1 Å². The van der Waals surface area contributed by atoms with Crippen molar-refractivity contribution in [2.45, 2.75) is 32.4 Å². The van der Waals surface area contributed by atoms with Crippen LogP contribution in [0.15, 0.2) is 43.2 Å². The largest absolute Gasteiger partial charge is 0.471 e. The lowest BCUT2D eigenvalue weighted by Gasteiger charge is -2.14. The highest BCUT2D eigenvalue weighted by Crippen LogP contribution is 2.33. The number of nitrogens with one attached hydrogen (secondary N) is 1. The first-order valence-corrected chi connectivity index (χ1v) is 10.9. The van der Waals surface area contributed by atoms with Crippen molar-refractivity contribution in [2.75, 3.05) is 20.3 Å². The third-order valence-corrected chi connectivity index (χ3v) is 5.60. The molecular weight excluding hydrogens is 422 g/mol. The average Bonchev–Trinajstić information content (AvgIpc) is 3.59. The molecule has 1 amide bonds. The third kappa shape index (κ3) is 4.05. The molecule has 0 aromatic carbocycles. The lowest BCUT2D eigenvalue weighted by Crippen LogP contribution is -2.18. The Labute approximate surface area is 190 Å². The minimum atomic E-state index is -0.205. The van der Waals surface area contributed by atoms with Gasteiger partial charge in [-0.1, -0.05) is 0 Å². The van der Waals surface area contributed by atoms with Gasteiger partial charge in [0.1, 0.15) is 6.10 Å². The fourth-order valence-corrected chi connectivity index (χ4v) is 3.77. The standard InChI is InChI=1S/C23H25N7O3/c1-14(2)29-11-17(9-26-29)20-12-30-21(28-23(20)33-18-4-5-32-13-18)19(10-27-30)15-6-16(8-25-7-15)22(31)24-3/h6-12,14,18H,4-5,13H2,1-3H3,(H,24,31). The number of pyridine rings is 1. The fourth-order valence-electron chi connectivity index (χ4n) is 3.77. The first-order chi connectivity index (χ1) is 16.0. The van der Waals surface area contributed by atoms with Crippen LogP contribution in [0.25, 0.3) is 27.9 Å². The maximum Gasteiger partial charge on any atom is 0.252 e. The number of carbonyl (C=O) groups is 1. The van der Waals surface area contributed by atoms with Gasteiger partial charge in [0.2, 0.25) is 5.88 Å². The smallest absolute Gasteiger partial charge is 0.252 e. The van der Waals surface area contributed by atoms with Gasteiger partial charge in [-0.15, -0.1) is 0 Å². The molecule has 33 heavy (non-hydrogen) atoms. The summed E-state index contributed by atoms with van der Waals surface area (Å²) in [7, 11) is 1.59. The number of aromatic nitrogens is 6. The highest BCUT2D eigenvalue weighted by Gasteiger charge is 2.23. The molecule has 10 heteroatoms. The minimum absolute atomic E-state index is 0.0662. The Bertz CT molecular complexity index is 1300.